The Balaban J connectivity index is 1.44. The third-order valence-corrected chi connectivity index (χ3v) is 5.59. The van der Waals surface area contributed by atoms with Crippen molar-refractivity contribution in [1.82, 2.24) is 9.80 Å². The summed E-state index contributed by atoms with van der Waals surface area (Å²) in [5, 5.41) is 11.2. The highest BCUT2D eigenvalue weighted by molar-refractivity contribution is 6.30. The average molecular weight is 417 g/mol. The molecule has 0 spiro atoms. The van der Waals surface area contributed by atoms with Crippen molar-refractivity contribution < 1.29 is 19.4 Å². The van der Waals surface area contributed by atoms with Crippen molar-refractivity contribution >= 4 is 17.5 Å². The molecule has 0 radical (unpaired) electrons. The summed E-state index contributed by atoms with van der Waals surface area (Å²) in [6, 6.07) is 13.7. The lowest BCUT2D eigenvalue weighted by Gasteiger charge is -2.27. The number of carbonyl (C=O) groups excluding carboxylic acids is 1. The monoisotopic (exact) mass is 416 g/mol. The molecule has 1 saturated heterocycles. The first-order chi connectivity index (χ1) is 14.1. The van der Waals surface area contributed by atoms with Crippen molar-refractivity contribution in [1.29, 1.82) is 0 Å². The van der Waals surface area contributed by atoms with Crippen LogP contribution in [0.5, 0.6) is 11.5 Å². The van der Waals surface area contributed by atoms with Crippen LogP contribution in [-0.2, 0) is 17.9 Å². The first kappa shape index (κ1) is 20.0. The van der Waals surface area contributed by atoms with Crippen LogP contribution < -0.4 is 9.47 Å². The molecule has 1 unspecified atom stereocenters. The van der Waals surface area contributed by atoms with Crippen molar-refractivity contribution in [3.63, 3.8) is 0 Å². The number of nitrogens with zero attached hydrogens (tertiary/aromatic N) is 2. The van der Waals surface area contributed by atoms with E-state index in [4.69, 9.17) is 21.1 Å². The minimum atomic E-state index is -0.741. The van der Waals surface area contributed by atoms with Crippen molar-refractivity contribution in [2.24, 2.45) is 0 Å². The molecule has 1 N–H and O–H groups in total. The number of likely N-dealkylation sites (tertiary alicyclic amines) is 1. The second-order valence-electron chi connectivity index (χ2n) is 7.48. The van der Waals surface area contributed by atoms with Crippen molar-refractivity contribution in [2.75, 3.05) is 19.9 Å². The molecule has 0 aromatic heterocycles. The van der Waals surface area contributed by atoms with E-state index in [0.717, 1.165) is 29.0 Å². The topological polar surface area (TPSA) is 62.2 Å². The van der Waals surface area contributed by atoms with Crippen molar-refractivity contribution in [3.8, 4) is 11.5 Å². The highest BCUT2D eigenvalue weighted by Crippen LogP contribution is 2.33. The van der Waals surface area contributed by atoms with Crippen molar-refractivity contribution in [2.45, 2.75) is 38.6 Å². The number of carbonyl (C=O) groups is 1. The molecule has 6 nitrogen and oxygen atoms in total. The van der Waals surface area contributed by atoms with Crippen LogP contribution in [0.4, 0.5) is 0 Å². The Labute approximate surface area is 175 Å². The van der Waals surface area contributed by atoms with E-state index < -0.39 is 6.23 Å². The van der Waals surface area contributed by atoms with E-state index in [0.29, 0.717) is 44.0 Å². The zero-order chi connectivity index (χ0) is 20.2. The predicted molar refractivity (Wildman–Crippen MR) is 110 cm³/mol. The highest BCUT2D eigenvalue weighted by Gasteiger charge is 2.26. The number of aliphatic hydroxyl groups is 1. The SMILES string of the molecule is O=C1CCCN1C(O)CCN(Cc1ccc(Cl)cc1)Cc1ccc2c(c1)OCO2. The van der Waals surface area contributed by atoms with Gasteiger partial charge in [-0.2, -0.15) is 0 Å². The largest absolute Gasteiger partial charge is 0.454 e. The Bertz CT molecular complexity index is 858. The van der Waals surface area contributed by atoms with Gasteiger partial charge in [-0.3, -0.25) is 9.69 Å². The van der Waals surface area contributed by atoms with Gasteiger partial charge in [0.25, 0.3) is 0 Å². The molecule has 1 amide bonds. The number of halogens is 1. The standard InChI is InChI=1S/C22H25ClN2O4/c23-18-6-3-16(4-7-18)13-24(11-9-22(27)25-10-1-2-21(25)26)14-17-5-8-19-20(12-17)29-15-28-19/h3-8,12,22,27H,1-2,9-11,13-15H2. The van der Waals surface area contributed by atoms with Crippen LogP contribution in [0.3, 0.4) is 0 Å². The molecule has 7 heteroatoms. The predicted octanol–water partition coefficient (Wildman–Crippen LogP) is 3.40. The van der Waals surface area contributed by atoms with Gasteiger partial charge in [0, 0.05) is 44.0 Å². The summed E-state index contributed by atoms with van der Waals surface area (Å²) >= 11 is 6.01. The van der Waals surface area contributed by atoms with Gasteiger partial charge in [0.05, 0.1) is 0 Å². The molecule has 2 aliphatic rings. The Morgan fingerprint density at radius 2 is 1.79 bits per heavy atom. The summed E-state index contributed by atoms with van der Waals surface area (Å²) < 4.78 is 10.9. The van der Waals surface area contributed by atoms with Gasteiger partial charge < -0.3 is 19.5 Å². The molecule has 2 heterocycles. The van der Waals surface area contributed by atoms with Gasteiger partial charge in [0.15, 0.2) is 11.5 Å². The highest BCUT2D eigenvalue weighted by atomic mass is 35.5. The van der Waals surface area contributed by atoms with Gasteiger partial charge in [-0.25, -0.2) is 0 Å². The maximum absolute atomic E-state index is 11.9. The smallest absolute Gasteiger partial charge is 0.231 e. The zero-order valence-electron chi connectivity index (χ0n) is 16.2. The van der Waals surface area contributed by atoms with Gasteiger partial charge in [-0.15, -0.1) is 0 Å². The Morgan fingerprint density at radius 1 is 1.07 bits per heavy atom. The van der Waals surface area contributed by atoms with Crippen LogP contribution >= 0.6 is 11.6 Å². The van der Waals surface area contributed by atoms with Gasteiger partial charge in [0.2, 0.25) is 12.7 Å². The molecule has 154 valence electrons. The lowest BCUT2D eigenvalue weighted by atomic mass is 10.1. The summed E-state index contributed by atoms with van der Waals surface area (Å²) in [5.74, 6) is 1.56. The number of amides is 1. The molecule has 4 rings (SSSR count). The summed E-state index contributed by atoms with van der Waals surface area (Å²) in [6.07, 6.45) is 1.11. The molecule has 1 fully saturated rings. The summed E-state index contributed by atoms with van der Waals surface area (Å²) in [7, 11) is 0. The number of hydrogen-bond acceptors (Lipinski definition) is 5. The van der Waals surface area contributed by atoms with Gasteiger partial charge in [0.1, 0.15) is 6.23 Å². The fourth-order valence-electron chi connectivity index (χ4n) is 3.80. The molecule has 2 aliphatic heterocycles. The number of hydrogen-bond donors (Lipinski definition) is 1. The maximum Gasteiger partial charge on any atom is 0.231 e. The first-order valence-electron chi connectivity index (χ1n) is 9.91. The molecule has 0 bridgehead atoms. The molecular formula is C22H25ClN2O4. The van der Waals surface area contributed by atoms with Crippen LogP contribution in [-0.4, -0.2) is 46.9 Å². The first-order valence-corrected chi connectivity index (χ1v) is 10.3. The summed E-state index contributed by atoms with van der Waals surface area (Å²) in [6.45, 7) is 2.96. The summed E-state index contributed by atoms with van der Waals surface area (Å²) in [5.41, 5.74) is 2.25. The third-order valence-electron chi connectivity index (χ3n) is 5.34. The minimum Gasteiger partial charge on any atom is -0.454 e. The third kappa shape index (κ3) is 5.01. The molecule has 0 aliphatic carbocycles. The number of benzene rings is 2. The number of fused-ring (bicyclic) bond motifs is 1. The molecular weight excluding hydrogens is 392 g/mol. The lowest BCUT2D eigenvalue weighted by Crippen LogP contribution is -2.38. The van der Waals surface area contributed by atoms with Crippen LogP contribution in [0, 0.1) is 0 Å². The second-order valence-corrected chi connectivity index (χ2v) is 7.92. The Kier molecular flexibility index (Phi) is 6.23. The van der Waals surface area contributed by atoms with E-state index in [1.807, 2.05) is 42.5 Å². The number of ether oxygens (including phenoxy) is 2. The zero-order valence-corrected chi connectivity index (χ0v) is 17.0. The van der Waals surface area contributed by atoms with E-state index in [1.54, 1.807) is 4.90 Å². The van der Waals surface area contributed by atoms with Crippen LogP contribution in [0.25, 0.3) is 0 Å². The van der Waals surface area contributed by atoms with E-state index in [-0.39, 0.29) is 12.7 Å². The van der Waals surface area contributed by atoms with Crippen molar-refractivity contribution in [3.05, 3.63) is 58.6 Å². The molecule has 0 saturated carbocycles. The Hall–Kier alpha value is -2.28. The van der Waals surface area contributed by atoms with Gasteiger partial charge in [-0.05, 0) is 41.8 Å². The van der Waals surface area contributed by atoms with E-state index in [1.165, 1.54) is 0 Å². The molecule has 2 aromatic rings. The minimum absolute atomic E-state index is 0.0394. The molecule has 29 heavy (non-hydrogen) atoms. The quantitative estimate of drug-likeness (QED) is 0.714. The van der Waals surface area contributed by atoms with Crippen LogP contribution in [0.2, 0.25) is 5.02 Å². The maximum atomic E-state index is 11.9. The van der Waals surface area contributed by atoms with Crippen LogP contribution in [0.1, 0.15) is 30.4 Å². The normalized spacial score (nSPS) is 16.7. The number of aliphatic hydroxyl groups excluding tert-OH is 1. The molecule has 2 aromatic carbocycles. The number of rotatable bonds is 8. The Morgan fingerprint density at radius 3 is 2.55 bits per heavy atom. The van der Waals surface area contributed by atoms with Gasteiger partial charge in [-0.1, -0.05) is 29.8 Å². The van der Waals surface area contributed by atoms with E-state index in [2.05, 4.69) is 4.90 Å². The van der Waals surface area contributed by atoms with E-state index in [9.17, 15) is 9.90 Å². The summed E-state index contributed by atoms with van der Waals surface area (Å²) in [4.78, 5) is 15.7. The van der Waals surface area contributed by atoms with Gasteiger partial charge >= 0.3 is 0 Å². The molecule has 1 atom stereocenters. The fourth-order valence-corrected chi connectivity index (χ4v) is 3.92. The second kappa shape index (κ2) is 9.03. The van der Waals surface area contributed by atoms with E-state index >= 15 is 0 Å². The van der Waals surface area contributed by atoms with Crippen LogP contribution in [0.15, 0.2) is 42.5 Å². The lowest BCUT2D eigenvalue weighted by molar-refractivity contribution is -0.136. The average Bonchev–Trinajstić information content (AvgIpc) is 3.36. The fraction of sp³-hybridized carbons (Fsp3) is 0.409.